The molecule has 0 fully saturated rings. The summed E-state index contributed by atoms with van der Waals surface area (Å²) < 4.78 is 0. The summed E-state index contributed by atoms with van der Waals surface area (Å²) in [6.07, 6.45) is 0. The third-order valence-corrected chi connectivity index (χ3v) is 2.28. The zero-order valence-electron chi connectivity index (χ0n) is 9.79. The topological polar surface area (TPSA) is 52.6 Å². The zero-order valence-corrected chi connectivity index (χ0v) is 9.79. The average molecular weight is 202 g/mol. The minimum atomic E-state index is -0.395. The molecule has 0 aliphatic carbocycles. The van der Waals surface area contributed by atoms with Crippen LogP contribution in [0.15, 0.2) is 0 Å². The fourth-order valence-corrected chi connectivity index (χ4v) is 0.783. The smallest absolute Gasteiger partial charge is 0.236 e. The van der Waals surface area contributed by atoms with Crippen LogP contribution in [0, 0.1) is 0 Å². The molecule has 0 aromatic rings. The molecule has 0 aromatic heterocycles. The van der Waals surface area contributed by atoms with Crippen LogP contribution in [0.25, 0.3) is 0 Å². The summed E-state index contributed by atoms with van der Waals surface area (Å²) in [7, 11) is 1.78. The van der Waals surface area contributed by atoms with Gasteiger partial charge in [0.05, 0.1) is 13.2 Å². The van der Waals surface area contributed by atoms with E-state index in [0.717, 1.165) is 0 Å². The summed E-state index contributed by atoms with van der Waals surface area (Å²) in [4.78, 5) is 13.2. The van der Waals surface area contributed by atoms with Crippen molar-refractivity contribution in [3.8, 4) is 0 Å². The van der Waals surface area contributed by atoms with Gasteiger partial charge in [-0.05, 0) is 27.7 Å². The van der Waals surface area contributed by atoms with Gasteiger partial charge in [0.25, 0.3) is 0 Å². The number of hydrogen-bond acceptors (Lipinski definition) is 3. The van der Waals surface area contributed by atoms with E-state index in [9.17, 15) is 4.79 Å². The van der Waals surface area contributed by atoms with Gasteiger partial charge in [-0.1, -0.05) is 0 Å². The molecule has 0 saturated carbocycles. The number of nitrogens with zero attached hydrogens (tertiary/aromatic N) is 1. The number of aliphatic hydroxyl groups excluding tert-OH is 1. The van der Waals surface area contributed by atoms with Crippen molar-refractivity contribution < 1.29 is 9.90 Å². The number of nitrogens with one attached hydrogen (secondary N) is 1. The predicted molar refractivity (Wildman–Crippen MR) is 57.1 cm³/mol. The maximum absolute atomic E-state index is 11.5. The molecule has 14 heavy (non-hydrogen) atoms. The first-order valence-electron chi connectivity index (χ1n) is 4.91. The van der Waals surface area contributed by atoms with Crippen molar-refractivity contribution in [3.63, 3.8) is 0 Å². The molecule has 0 aliphatic heterocycles. The van der Waals surface area contributed by atoms with Crippen LogP contribution >= 0.6 is 0 Å². The van der Waals surface area contributed by atoms with Crippen molar-refractivity contribution >= 4 is 5.91 Å². The molecule has 0 bridgehead atoms. The third-order valence-electron chi connectivity index (χ3n) is 2.28. The lowest BCUT2D eigenvalue weighted by atomic mass is 10.1. The van der Waals surface area contributed by atoms with Crippen molar-refractivity contribution in [2.24, 2.45) is 0 Å². The zero-order chi connectivity index (χ0) is 11.4. The highest BCUT2D eigenvalue weighted by Crippen LogP contribution is 2.00. The largest absolute Gasteiger partial charge is 0.394 e. The SMILES string of the molecule is CC(C)N(C)C(=O)CNC(C)(C)CO. The van der Waals surface area contributed by atoms with E-state index in [2.05, 4.69) is 5.32 Å². The van der Waals surface area contributed by atoms with E-state index in [1.165, 1.54) is 0 Å². The molecule has 0 radical (unpaired) electrons. The lowest BCUT2D eigenvalue weighted by molar-refractivity contribution is -0.130. The average Bonchev–Trinajstić information content (AvgIpc) is 2.13. The fraction of sp³-hybridized carbons (Fsp3) is 0.900. The Labute approximate surface area is 86.3 Å². The molecule has 4 nitrogen and oxygen atoms in total. The Morgan fingerprint density at radius 2 is 2.00 bits per heavy atom. The predicted octanol–water partition coefficient (Wildman–Crippen LogP) is 0.214. The van der Waals surface area contributed by atoms with Gasteiger partial charge in [0.15, 0.2) is 0 Å². The second-order valence-electron chi connectivity index (χ2n) is 4.49. The molecule has 1 amide bonds. The molecule has 0 heterocycles. The van der Waals surface area contributed by atoms with E-state index in [-0.39, 0.29) is 25.1 Å². The lowest BCUT2D eigenvalue weighted by Gasteiger charge is -2.26. The first kappa shape index (κ1) is 13.4. The first-order chi connectivity index (χ1) is 6.30. The molecule has 0 saturated heterocycles. The molecule has 84 valence electrons. The maximum Gasteiger partial charge on any atom is 0.236 e. The number of amides is 1. The number of carbonyl (C=O) groups excluding carboxylic acids is 1. The second-order valence-corrected chi connectivity index (χ2v) is 4.49. The highest BCUT2D eigenvalue weighted by Gasteiger charge is 2.18. The van der Waals surface area contributed by atoms with E-state index in [4.69, 9.17) is 5.11 Å². The van der Waals surface area contributed by atoms with Gasteiger partial charge in [-0.25, -0.2) is 0 Å². The number of likely N-dealkylation sites (N-methyl/N-ethyl adjacent to an activating group) is 1. The third kappa shape index (κ3) is 4.58. The number of aliphatic hydroxyl groups is 1. The minimum absolute atomic E-state index is 0.0195. The quantitative estimate of drug-likeness (QED) is 0.670. The van der Waals surface area contributed by atoms with Crippen LogP contribution < -0.4 is 5.32 Å². The molecule has 0 atom stereocenters. The van der Waals surface area contributed by atoms with Gasteiger partial charge < -0.3 is 15.3 Å². The van der Waals surface area contributed by atoms with Crippen LogP contribution in [-0.4, -0.2) is 47.7 Å². The van der Waals surface area contributed by atoms with E-state index in [1.54, 1.807) is 11.9 Å². The van der Waals surface area contributed by atoms with Gasteiger partial charge in [-0.2, -0.15) is 0 Å². The van der Waals surface area contributed by atoms with Crippen LogP contribution in [0.4, 0.5) is 0 Å². The Morgan fingerprint density at radius 1 is 1.50 bits per heavy atom. The lowest BCUT2D eigenvalue weighted by Crippen LogP contribution is -2.48. The van der Waals surface area contributed by atoms with Gasteiger partial charge in [-0.15, -0.1) is 0 Å². The highest BCUT2D eigenvalue weighted by molar-refractivity contribution is 5.78. The van der Waals surface area contributed by atoms with Crippen LogP contribution in [0.3, 0.4) is 0 Å². The van der Waals surface area contributed by atoms with Crippen molar-refractivity contribution in [1.82, 2.24) is 10.2 Å². The Morgan fingerprint density at radius 3 is 2.36 bits per heavy atom. The minimum Gasteiger partial charge on any atom is -0.394 e. The normalized spacial score (nSPS) is 11.9. The van der Waals surface area contributed by atoms with E-state index in [1.807, 2.05) is 27.7 Å². The fourth-order valence-electron chi connectivity index (χ4n) is 0.783. The van der Waals surface area contributed by atoms with Gasteiger partial charge in [-0.3, -0.25) is 4.79 Å². The van der Waals surface area contributed by atoms with Crippen molar-refractivity contribution in [1.29, 1.82) is 0 Å². The summed E-state index contributed by atoms with van der Waals surface area (Å²) in [5.74, 6) is 0.0431. The summed E-state index contributed by atoms with van der Waals surface area (Å²) >= 11 is 0. The molecule has 0 aliphatic rings. The van der Waals surface area contributed by atoms with E-state index < -0.39 is 5.54 Å². The standard InChI is InChI=1S/C10H22N2O2/c1-8(2)12(5)9(14)6-11-10(3,4)7-13/h8,11,13H,6-7H2,1-5H3. The monoisotopic (exact) mass is 202 g/mol. The molecule has 2 N–H and O–H groups in total. The van der Waals surface area contributed by atoms with Crippen molar-refractivity contribution in [2.45, 2.75) is 39.3 Å². The maximum atomic E-state index is 11.5. The molecule has 4 heteroatoms. The summed E-state index contributed by atoms with van der Waals surface area (Å²) in [5.41, 5.74) is -0.395. The molecule has 0 spiro atoms. The van der Waals surface area contributed by atoms with E-state index >= 15 is 0 Å². The van der Waals surface area contributed by atoms with Crippen molar-refractivity contribution in [3.05, 3.63) is 0 Å². The Bertz CT molecular complexity index is 191. The van der Waals surface area contributed by atoms with Crippen LogP contribution in [0.1, 0.15) is 27.7 Å². The van der Waals surface area contributed by atoms with Gasteiger partial charge in [0.2, 0.25) is 5.91 Å². The second kappa shape index (κ2) is 5.32. The van der Waals surface area contributed by atoms with E-state index in [0.29, 0.717) is 0 Å². The van der Waals surface area contributed by atoms with Gasteiger partial charge >= 0.3 is 0 Å². The Balaban J connectivity index is 3.97. The van der Waals surface area contributed by atoms with Crippen LogP contribution in [0.2, 0.25) is 0 Å². The molecule has 0 unspecified atom stereocenters. The van der Waals surface area contributed by atoms with Gasteiger partial charge in [0.1, 0.15) is 0 Å². The molecule has 0 aromatic carbocycles. The number of hydrogen-bond donors (Lipinski definition) is 2. The Hall–Kier alpha value is -0.610. The number of carbonyl (C=O) groups is 1. The number of rotatable bonds is 5. The summed E-state index contributed by atoms with van der Waals surface area (Å²) in [5, 5.41) is 12.0. The summed E-state index contributed by atoms with van der Waals surface area (Å²) in [6.45, 7) is 7.93. The van der Waals surface area contributed by atoms with Crippen LogP contribution in [-0.2, 0) is 4.79 Å². The van der Waals surface area contributed by atoms with Crippen molar-refractivity contribution in [2.75, 3.05) is 20.2 Å². The molecular weight excluding hydrogens is 180 g/mol. The molecule has 0 rings (SSSR count). The summed E-state index contributed by atoms with van der Waals surface area (Å²) in [6, 6.07) is 0.210. The van der Waals surface area contributed by atoms with Crippen LogP contribution in [0.5, 0.6) is 0 Å². The highest BCUT2D eigenvalue weighted by atomic mass is 16.3. The first-order valence-corrected chi connectivity index (χ1v) is 4.91. The molecular formula is C10H22N2O2. The Kier molecular flexibility index (Phi) is 5.08. The van der Waals surface area contributed by atoms with Gasteiger partial charge in [0, 0.05) is 18.6 Å².